The molecule has 68 valence electrons. The summed E-state index contributed by atoms with van der Waals surface area (Å²) in [6.07, 6.45) is 1.90. The highest BCUT2D eigenvalue weighted by Crippen LogP contribution is 2.24. The molecule has 4 nitrogen and oxygen atoms in total. The second-order valence-electron chi connectivity index (χ2n) is 2.19. The first kappa shape index (κ1) is 8.98. The van der Waals surface area contributed by atoms with E-state index >= 15 is 0 Å². The number of thiazole rings is 1. The Hall–Kier alpha value is -0.590. The number of rotatable bonds is 1. The number of halogens is 1. The normalized spacial score (nSPS) is 10.9. The van der Waals surface area contributed by atoms with E-state index in [4.69, 9.17) is 11.6 Å². The van der Waals surface area contributed by atoms with Crippen molar-refractivity contribution in [2.24, 2.45) is 0 Å². The van der Waals surface area contributed by atoms with Crippen LogP contribution in [-0.4, -0.2) is 21.2 Å². The second kappa shape index (κ2) is 3.28. The molecule has 0 aliphatic heterocycles. The molecule has 0 bridgehead atoms. The second-order valence-corrected chi connectivity index (χ2v) is 4.58. The lowest BCUT2D eigenvalue weighted by Crippen LogP contribution is -2.06. The van der Waals surface area contributed by atoms with Gasteiger partial charge in [-0.25, -0.2) is 9.97 Å². The summed E-state index contributed by atoms with van der Waals surface area (Å²) >= 11 is 8.42. The van der Waals surface area contributed by atoms with Gasteiger partial charge in [-0.3, -0.25) is 9.78 Å². The molecular formula is C6H4ClN3OS2. The third-order valence-electron chi connectivity index (χ3n) is 1.40. The van der Waals surface area contributed by atoms with Gasteiger partial charge in [0.1, 0.15) is 0 Å². The Labute approximate surface area is 86.4 Å². The number of thioether (sulfide) groups is 1. The highest BCUT2D eigenvalue weighted by atomic mass is 35.5. The maximum atomic E-state index is 11.3. The maximum Gasteiger partial charge on any atom is 0.279 e. The third kappa shape index (κ3) is 1.56. The van der Waals surface area contributed by atoms with Crippen LogP contribution in [-0.2, 0) is 0 Å². The average Bonchev–Trinajstić information content (AvgIpc) is 2.47. The quantitative estimate of drug-likeness (QED) is 0.602. The predicted octanol–water partition coefficient (Wildman–Crippen LogP) is 1.75. The number of nitrogens with zero attached hydrogens (tertiary/aromatic N) is 2. The largest absolute Gasteiger partial charge is 0.295 e. The summed E-state index contributed by atoms with van der Waals surface area (Å²) in [6, 6.07) is 0. The number of aromatic nitrogens is 3. The van der Waals surface area contributed by atoms with Gasteiger partial charge in [-0.2, -0.15) is 0 Å². The van der Waals surface area contributed by atoms with E-state index in [1.54, 1.807) is 0 Å². The lowest BCUT2D eigenvalue weighted by molar-refractivity contribution is 1.15. The van der Waals surface area contributed by atoms with E-state index in [1.807, 2.05) is 6.26 Å². The first-order valence-electron chi connectivity index (χ1n) is 3.31. The van der Waals surface area contributed by atoms with Crippen molar-refractivity contribution < 1.29 is 0 Å². The van der Waals surface area contributed by atoms with Crippen LogP contribution >= 0.6 is 34.7 Å². The molecule has 2 aromatic heterocycles. The van der Waals surface area contributed by atoms with Crippen LogP contribution in [0.4, 0.5) is 0 Å². The Morgan fingerprint density at radius 3 is 3.00 bits per heavy atom. The zero-order valence-electron chi connectivity index (χ0n) is 6.50. The molecular weight excluding hydrogens is 230 g/mol. The predicted molar refractivity (Wildman–Crippen MR) is 54.8 cm³/mol. The van der Waals surface area contributed by atoms with Crippen molar-refractivity contribution in [3.63, 3.8) is 0 Å². The Bertz CT molecular complexity index is 506. The number of hydrogen-bond donors (Lipinski definition) is 1. The average molecular weight is 234 g/mol. The molecule has 0 spiro atoms. The first-order valence-corrected chi connectivity index (χ1v) is 5.73. The van der Waals surface area contributed by atoms with Gasteiger partial charge in [-0.1, -0.05) is 23.1 Å². The van der Waals surface area contributed by atoms with Gasteiger partial charge in [0.25, 0.3) is 5.56 Å². The zero-order chi connectivity index (χ0) is 9.42. The molecule has 0 aliphatic carbocycles. The fourth-order valence-electron chi connectivity index (χ4n) is 0.874. The van der Waals surface area contributed by atoms with E-state index < -0.39 is 0 Å². The molecule has 0 amide bonds. The van der Waals surface area contributed by atoms with Gasteiger partial charge < -0.3 is 0 Å². The summed E-state index contributed by atoms with van der Waals surface area (Å²) < 4.78 is 0.815. The van der Waals surface area contributed by atoms with E-state index in [2.05, 4.69) is 15.0 Å². The molecule has 1 N–H and O–H groups in total. The lowest BCUT2D eigenvalue weighted by Gasteiger charge is -1.86. The van der Waals surface area contributed by atoms with E-state index in [9.17, 15) is 4.79 Å². The van der Waals surface area contributed by atoms with Crippen molar-refractivity contribution in [1.29, 1.82) is 0 Å². The molecule has 0 radical (unpaired) electrons. The van der Waals surface area contributed by atoms with Crippen LogP contribution in [0.15, 0.2) is 9.13 Å². The SMILES string of the molecule is CSc1nc2c(=O)[nH]c(Cl)nc2s1. The molecule has 0 fully saturated rings. The van der Waals surface area contributed by atoms with Crippen molar-refractivity contribution in [3.05, 3.63) is 15.6 Å². The molecule has 2 heterocycles. The van der Waals surface area contributed by atoms with E-state index in [0.717, 1.165) is 4.34 Å². The molecule has 0 aromatic carbocycles. The van der Waals surface area contributed by atoms with Crippen molar-refractivity contribution in [1.82, 2.24) is 15.0 Å². The lowest BCUT2D eigenvalue weighted by atomic mass is 10.6. The minimum absolute atomic E-state index is 0.105. The summed E-state index contributed by atoms with van der Waals surface area (Å²) in [5.41, 5.74) is 0.0744. The Morgan fingerprint density at radius 2 is 2.31 bits per heavy atom. The van der Waals surface area contributed by atoms with E-state index in [1.165, 1.54) is 23.1 Å². The Kier molecular flexibility index (Phi) is 2.27. The monoisotopic (exact) mass is 233 g/mol. The van der Waals surface area contributed by atoms with Crippen LogP contribution in [0.1, 0.15) is 0 Å². The minimum atomic E-state index is -0.286. The highest BCUT2D eigenvalue weighted by molar-refractivity contribution is 8.00. The summed E-state index contributed by atoms with van der Waals surface area (Å²) in [7, 11) is 0. The standard InChI is InChI=1S/C6H4ClN3OS2/c1-12-6-8-2-3(11)9-5(7)10-4(2)13-6/h1H3,(H,9,10,11). The van der Waals surface area contributed by atoms with Gasteiger partial charge >= 0.3 is 0 Å². The molecule has 7 heteroatoms. The van der Waals surface area contributed by atoms with Crippen molar-refractivity contribution >= 4 is 45.0 Å². The van der Waals surface area contributed by atoms with Crippen molar-refractivity contribution in [2.45, 2.75) is 4.34 Å². The molecule has 0 saturated carbocycles. The first-order chi connectivity index (χ1) is 6.20. The van der Waals surface area contributed by atoms with Gasteiger partial charge in [0, 0.05) is 0 Å². The number of H-pyrrole nitrogens is 1. The highest BCUT2D eigenvalue weighted by Gasteiger charge is 2.08. The van der Waals surface area contributed by atoms with Crippen LogP contribution in [0.2, 0.25) is 5.28 Å². The molecule has 0 aliphatic rings. The van der Waals surface area contributed by atoms with E-state index in [0.29, 0.717) is 10.3 Å². The van der Waals surface area contributed by atoms with Crippen molar-refractivity contribution in [3.8, 4) is 0 Å². The van der Waals surface area contributed by atoms with Gasteiger partial charge in [-0.15, -0.1) is 0 Å². The van der Waals surface area contributed by atoms with Gasteiger partial charge in [0.05, 0.1) is 0 Å². The molecule has 13 heavy (non-hydrogen) atoms. The topological polar surface area (TPSA) is 58.6 Å². The maximum absolute atomic E-state index is 11.3. The summed E-state index contributed by atoms with van der Waals surface area (Å²) in [5, 5.41) is 0.105. The van der Waals surface area contributed by atoms with Crippen LogP contribution in [0.5, 0.6) is 0 Å². The molecule has 0 unspecified atom stereocenters. The van der Waals surface area contributed by atoms with Gasteiger partial charge in [-0.05, 0) is 17.9 Å². The molecule has 0 saturated heterocycles. The number of hydrogen-bond acceptors (Lipinski definition) is 5. The van der Waals surface area contributed by atoms with E-state index in [-0.39, 0.29) is 10.8 Å². The molecule has 2 aromatic rings. The van der Waals surface area contributed by atoms with Gasteiger partial charge in [0.2, 0.25) is 5.28 Å². The third-order valence-corrected chi connectivity index (χ3v) is 3.51. The van der Waals surface area contributed by atoms with Crippen molar-refractivity contribution in [2.75, 3.05) is 6.26 Å². The van der Waals surface area contributed by atoms with Crippen LogP contribution in [0, 0.1) is 0 Å². The van der Waals surface area contributed by atoms with Gasteiger partial charge in [0.15, 0.2) is 14.7 Å². The zero-order valence-corrected chi connectivity index (χ0v) is 8.89. The summed E-state index contributed by atoms with van der Waals surface area (Å²) in [6.45, 7) is 0. The Morgan fingerprint density at radius 1 is 1.54 bits per heavy atom. The summed E-state index contributed by atoms with van der Waals surface area (Å²) in [4.78, 5) is 22.3. The minimum Gasteiger partial charge on any atom is -0.295 e. The van der Waals surface area contributed by atoms with Crippen LogP contribution < -0.4 is 5.56 Å². The summed E-state index contributed by atoms with van der Waals surface area (Å²) in [5.74, 6) is 0. The number of aromatic amines is 1. The molecule has 2 rings (SSSR count). The number of fused-ring (bicyclic) bond motifs is 1. The fourth-order valence-corrected chi connectivity index (χ4v) is 2.52. The van der Waals surface area contributed by atoms with Crippen LogP contribution in [0.25, 0.3) is 10.3 Å². The molecule has 0 atom stereocenters. The van der Waals surface area contributed by atoms with Crippen LogP contribution in [0.3, 0.4) is 0 Å². The fraction of sp³-hybridized carbons (Fsp3) is 0.167. The smallest absolute Gasteiger partial charge is 0.279 e. The number of nitrogens with one attached hydrogen (secondary N) is 1. The Balaban J connectivity index is 2.83.